The molecule has 0 bridgehead atoms. The van der Waals surface area contributed by atoms with Crippen molar-refractivity contribution < 1.29 is 18.3 Å². The van der Waals surface area contributed by atoms with Crippen LogP contribution in [0.15, 0.2) is 24.3 Å². The van der Waals surface area contributed by atoms with Gasteiger partial charge in [0.25, 0.3) is 0 Å². The van der Waals surface area contributed by atoms with Crippen LogP contribution in [0.1, 0.15) is 56.1 Å². The summed E-state index contributed by atoms with van der Waals surface area (Å²) in [6.07, 6.45) is 1.69. The van der Waals surface area contributed by atoms with Crippen LogP contribution in [0.25, 0.3) is 0 Å². The van der Waals surface area contributed by atoms with Crippen LogP contribution < -0.4 is 5.32 Å². The van der Waals surface area contributed by atoms with Crippen LogP contribution in [0.2, 0.25) is 0 Å². The van der Waals surface area contributed by atoms with Crippen molar-refractivity contribution in [2.24, 2.45) is 0 Å². The molecule has 1 aromatic carbocycles. The quantitative estimate of drug-likeness (QED) is 0.822. The molecule has 1 spiro atoms. The summed E-state index contributed by atoms with van der Waals surface area (Å²) >= 11 is 0. The van der Waals surface area contributed by atoms with Crippen molar-refractivity contribution in [2.45, 2.75) is 62.3 Å². The van der Waals surface area contributed by atoms with Crippen LogP contribution in [-0.4, -0.2) is 17.2 Å². The van der Waals surface area contributed by atoms with Crippen LogP contribution in [0.3, 0.4) is 0 Å². The third-order valence-corrected chi connectivity index (χ3v) is 5.34. The number of rotatable bonds is 1. The smallest absolute Gasteiger partial charge is 0.383 e. The van der Waals surface area contributed by atoms with Gasteiger partial charge in [-0.3, -0.25) is 0 Å². The molecule has 1 heterocycles. The molecule has 1 saturated heterocycles. The lowest BCUT2D eigenvalue weighted by molar-refractivity contribution is -0.138. The lowest BCUT2D eigenvalue weighted by Crippen LogP contribution is -2.64. The predicted molar refractivity (Wildman–Crippen MR) is 78.4 cm³/mol. The Labute approximate surface area is 128 Å². The maximum absolute atomic E-state index is 13.0. The molecule has 1 unspecified atom stereocenters. The van der Waals surface area contributed by atoms with Gasteiger partial charge in [0.05, 0.1) is 11.1 Å². The van der Waals surface area contributed by atoms with Crippen LogP contribution >= 0.6 is 0 Å². The van der Waals surface area contributed by atoms with Crippen molar-refractivity contribution in [1.29, 1.82) is 0 Å². The molecule has 1 aromatic rings. The van der Waals surface area contributed by atoms with Gasteiger partial charge in [0.15, 0.2) is 0 Å². The summed E-state index contributed by atoms with van der Waals surface area (Å²) in [6, 6.07) is 5.24. The summed E-state index contributed by atoms with van der Waals surface area (Å²) in [7, 11) is 0. The van der Waals surface area contributed by atoms with Crippen molar-refractivity contribution in [1.82, 2.24) is 5.32 Å². The molecule has 0 radical (unpaired) electrons. The predicted octanol–water partition coefficient (Wildman–Crippen LogP) is 3.98. The molecule has 5 heteroatoms. The second-order valence-corrected chi connectivity index (χ2v) is 6.61. The number of halogens is 3. The Morgan fingerprint density at radius 3 is 2.41 bits per heavy atom. The third kappa shape index (κ3) is 2.54. The summed E-state index contributed by atoms with van der Waals surface area (Å²) in [5, 5.41) is 14.8. The summed E-state index contributed by atoms with van der Waals surface area (Å²) in [5.41, 5.74) is -1.98. The highest BCUT2D eigenvalue weighted by Crippen LogP contribution is 2.48. The summed E-state index contributed by atoms with van der Waals surface area (Å²) < 4.78 is 39.0. The van der Waals surface area contributed by atoms with Crippen LogP contribution in [0.4, 0.5) is 13.2 Å². The number of hydrogen-bond donors (Lipinski definition) is 2. The molecule has 2 nitrogen and oxygen atoms in total. The normalized spacial score (nSPS) is 28.7. The Morgan fingerprint density at radius 2 is 1.73 bits per heavy atom. The van der Waals surface area contributed by atoms with Gasteiger partial charge in [-0.05, 0) is 49.9 Å². The Balaban J connectivity index is 2.03. The molecule has 1 atom stereocenters. The standard InChI is InChI=1S/C17H22F3NO/c18-17(19,20)14-7-4-6-13(12-14)16(22)10-5-11-21-15(16)8-2-1-3-9-15/h4,6-7,12,21-22H,1-3,5,8-11H2. The van der Waals surface area contributed by atoms with E-state index in [1.54, 1.807) is 6.07 Å². The van der Waals surface area contributed by atoms with Crippen LogP contribution in [0, 0.1) is 0 Å². The number of benzene rings is 1. The fraction of sp³-hybridized carbons (Fsp3) is 0.647. The van der Waals surface area contributed by atoms with Crippen molar-refractivity contribution >= 4 is 0 Å². The Kier molecular flexibility index (Phi) is 3.98. The Bertz CT molecular complexity index is 529. The lowest BCUT2D eigenvalue weighted by atomic mass is 9.63. The van der Waals surface area contributed by atoms with Crippen molar-refractivity contribution in [2.75, 3.05) is 6.54 Å². The minimum atomic E-state index is -4.38. The Morgan fingerprint density at radius 1 is 1.00 bits per heavy atom. The van der Waals surface area contributed by atoms with E-state index in [4.69, 9.17) is 0 Å². The van der Waals surface area contributed by atoms with Gasteiger partial charge in [-0.2, -0.15) is 13.2 Å². The van der Waals surface area contributed by atoms with Crippen molar-refractivity contribution in [3.63, 3.8) is 0 Å². The highest BCUT2D eigenvalue weighted by molar-refractivity contribution is 5.34. The fourth-order valence-corrected chi connectivity index (χ4v) is 4.18. The van der Waals surface area contributed by atoms with Gasteiger partial charge in [-0.15, -0.1) is 0 Å². The largest absolute Gasteiger partial charge is 0.416 e. The van der Waals surface area contributed by atoms with Gasteiger partial charge in [-0.25, -0.2) is 0 Å². The van der Waals surface area contributed by atoms with E-state index < -0.39 is 22.9 Å². The second-order valence-electron chi connectivity index (χ2n) is 6.61. The minimum Gasteiger partial charge on any atom is -0.383 e. The molecular weight excluding hydrogens is 291 g/mol. The van der Waals surface area contributed by atoms with E-state index in [0.717, 1.165) is 57.2 Å². The molecule has 0 aromatic heterocycles. The maximum atomic E-state index is 13.0. The molecule has 3 rings (SSSR count). The zero-order valence-electron chi connectivity index (χ0n) is 12.5. The van der Waals surface area contributed by atoms with Gasteiger partial charge in [0.2, 0.25) is 0 Å². The van der Waals surface area contributed by atoms with Gasteiger partial charge >= 0.3 is 6.18 Å². The topological polar surface area (TPSA) is 32.3 Å². The van der Waals surface area contributed by atoms with E-state index in [1.807, 2.05) is 0 Å². The van der Waals surface area contributed by atoms with E-state index in [-0.39, 0.29) is 0 Å². The van der Waals surface area contributed by atoms with Gasteiger partial charge in [0, 0.05) is 0 Å². The first-order valence-electron chi connectivity index (χ1n) is 8.03. The number of hydrogen-bond acceptors (Lipinski definition) is 2. The fourth-order valence-electron chi connectivity index (χ4n) is 4.18. The number of aliphatic hydroxyl groups is 1. The number of piperidine rings is 1. The molecule has 22 heavy (non-hydrogen) atoms. The molecular formula is C17H22F3NO. The lowest BCUT2D eigenvalue weighted by Gasteiger charge is -2.53. The number of nitrogens with one attached hydrogen (secondary N) is 1. The first-order chi connectivity index (χ1) is 10.4. The summed E-state index contributed by atoms with van der Waals surface area (Å²) in [4.78, 5) is 0. The Hall–Kier alpha value is -1.07. The zero-order chi connectivity index (χ0) is 15.8. The maximum Gasteiger partial charge on any atom is 0.416 e. The van der Waals surface area contributed by atoms with Gasteiger partial charge < -0.3 is 10.4 Å². The first kappa shape index (κ1) is 15.8. The summed E-state index contributed by atoms with van der Waals surface area (Å²) in [6.45, 7) is 0.821. The molecule has 2 aliphatic rings. The van der Waals surface area contributed by atoms with E-state index in [2.05, 4.69) is 5.32 Å². The van der Waals surface area contributed by atoms with Crippen LogP contribution in [-0.2, 0) is 11.8 Å². The van der Waals surface area contributed by atoms with Crippen molar-refractivity contribution in [3.05, 3.63) is 35.4 Å². The van der Waals surface area contributed by atoms with Gasteiger partial charge in [0.1, 0.15) is 5.60 Å². The second kappa shape index (κ2) is 5.53. The molecule has 1 aliphatic carbocycles. The highest BCUT2D eigenvalue weighted by atomic mass is 19.4. The van der Waals surface area contributed by atoms with E-state index in [0.29, 0.717) is 12.0 Å². The average molecular weight is 313 g/mol. The zero-order valence-corrected chi connectivity index (χ0v) is 12.5. The first-order valence-corrected chi connectivity index (χ1v) is 8.03. The molecule has 2 N–H and O–H groups in total. The van der Waals surface area contributed by atoms with E-state index >= 15 is 0 Å². The highest BCUT2D eigenvalue weighted by Gasteiger charge is 2.53. The van der Waals surface area contributed by atoms with Crippen LogP contribution in [0.5, 0.6) is 0 Å². The third-order valence-electron chi connectivity index (χ3n) is 5.34. The minimum absolute atomic E-state index is 0.399. The average Bonchev–Trinajstić information content (AvgIpc) is 2.51. The molecule has 1 saturated carbocycles. The van der Waals surface area contributed by atoms with Gasteiger partial charge in [-0.1, -0.05) is 31.4 Å². The molecule has 1 aliphatic heterocycles. The number of alkyl halides is 3. The SMILES string of the molecule is OC1(c2cccc(C(F)(F)F)c2)CCCNC12CCCCC2. The molecule has 0 amide bonds. The monoisotopic (exact) mass is 313 g/mol. The summed E-state index contributed by atoms with van der Waals surface area (Å²) in [5.74, 6) is 0. The van der Waals surface area contributed by atoms with E-state index in [9.17, 15) is 18.3 Å². The van der Waals surface area contributed by atoms with Crippen molar-refractivity contribution in [3.8, 4) is 0 Å². The molecule has 2 fully saturated rings. The van der Waals surface area contributed by atoms with E-state index in [1.165, 1.54) is 6.07 Å². The molecule has 122 valence electrons.